The minimum Gasteiger partial charge on any atom is -1.00 e. The summed E-state index contributed by atoms with van der Waals surface area (Å²) >= 11 is 0. The van der Waals surface area contributed by atoms with Crippen LogP contribution in [0.15, 0.2) is 89.5 Å². The maximum absolute atomic E-state index is 12.1. The van der Waals surface area contributed by atoms with E-state index in [-0.39, 0.29) is 23.1 Å². The quantitative estimate of drug-likeness (QED) is 0.325. The fourth-order valence-electron chi connectivity index (χ4n) is 6.56. The molecule has 1 atom stereocenters. The average Bonchev–Trinajstić information content (AvgIpc) is 3.46. The second kappa shape index (κ2) is 10.9. The van der Waals surface area contributed by atoms with Crippen molar-refractivity contribution in [2.24, 2.45) is 5.92 Å². The second-order valence-corrected chi connectivity index (χ2v) is 11.0. The summed E-state index contributed by atoms with van der Waals surface area (Å²) < 4.78 is 24.8. The van der Waals surface area contributed by atoms with E-state index in [2.05, 4.69) is 5.16 Å². The Morgan fingerprint density at radius 2 is 1.50 bits per heavy atom. The standard InChI is InChI=1S/C32H33N2O5.BrH/c35-32(24-7-3-1-4-8-24,25-9-5-2-6-10-25)31-20-27(39-33-31)21-34-15-13-23(14-16-34)30(22-34)38-26-11-12-28-29(19-26)37-18-17-36-28;/h1-12,19-20,23,30,35H,13-18,21-22H2;1H/q+1;/p-1/t23?,30-,34?;/m0./s1. The van der Waals surface area contributed by atoms with Crippen molar-refractivity contribution in [1.29, 1.82) is 0 Å². The van der Waals surface area contributed by atoms with Gasteiger partial charge >= 0.3 is 0 Å². The van der Waals surface area contributed by atoms with Crippen LogP contribution < -0.4 is 31.2 Å². The molecule has 0 saturated carbocycles. The maximum atomic E-state index is 12.1. The summed E-state index contributed by atoms with van der Waals surface area (Å²) in [6, 6.07) is 27.1. The van der Waals surface area contributed by atoms with Gasteiger partial charge in [0.1, 0.15) is 37.7 Å². The van der Waals surface area contributed by atoms with Crippen molar-refractivity contribution < 1.29 is 45.3 Å². The maximum Gasteiger partial charge on any atom is 0.191 e. The Morgan fingerprint density at radius 1 is 0.850 bits per heavy atom. The molecule has 3 saturated heterocycles. The van der Waals surface area contributed by atoms with Crippen molar-refractivity contribution in [2.75, 3.05) is 32.8 Å². The van der Waals surface area contributed by atoms with Gasteiger partial charge in [0.05, 0.1) is 13.1 Å². The van der Waals surface area contributed by atoms with Gasteiger partial charge in [-0.3, -0.25) is 0 Å². The van der Waals surface area contributed by atoms with Gasteiger partial charge in [0.25, 0.3) is 0 Å². The first-order valence-electron chi connectivity index (χ1n) is 13.8. The van der Waals surface area contributed by atoms with E-state index in [0.717, 1.165) is 77.6 Å². The molecule has 3 fully saturated rings. The first kappa shape index (κ1) is 26.9. The lowest BCUT2D eigenvalue weighted by Crippen LogP contribution is -3.00. The van der Waals surface area contributed by atoms with Crippen LogP contribution in [-0.4, -0.2) is 53.7 Å². The lowest BCUT2D eigenvalue weighted by molar-refractivity contribution is -0.959. The highest BCUT2D eigenvalue weighted by Gasteiger charge is 2.48. The summed E-state index contributed by atoms with van der Waals surface area (Å²) in [5.41, 5.74) is 0.622. The number of aliphatic hydroxyl groups is 1. The molecule has 2 bridgehead atoms. The van der Waals surface area contributed by atoms with Crippen LogP contribution in [0.4, 0.5) is 0 Å². The Labute approximate surface area is 244 Å². The number of nitrogens with zero attached hydrogens (tertiary/aromatic N) is 2. The molecular formula is C32H33BrN2O5. The molecule has 8 rings (SSSR count). The van der Waals surface area contributed by atoms with Crippen LogP contribution in [0.3, 0.4) is 0 Å². The van der Waals surface area contributed by atoms with Gasteiger partial charge in [0.2, 0.25) is 0 Å². The third-order valence-electron chi connectivity index (χ3n) is 8.65. The molecule has 4 aromatic rings. The Balaban J connectivity index is 0.00000289. The molecule has 5 heterocycles. The third-order valence-corrected chi connectivity index (χ3v) is 8.65. The van der Waals surface area contributed by atoms with Gasteiger partial charge in [-0.15, -0.1) is 0 Å². The van der Waals surface area contributed by atoms with E-state index >= 15 is 0 Å². The number of piperidine rings is 3. The molecule has 0 spiro atoms. The number of halogens is 1. The van der Waals surface area contributed by atoms with E-state index < -0.39 is 5.60 Å². The summed E-state index contributed by atoms with van der Waals surface area (Å²) in [6.45, 7) is 4.95. The van der Waals surface area contributed by atoms with Gasteiger partial charge < -0.3 is 45.3 Å². The molecule has 8 heteroatoms. The van der Waals surface area contributed by atoms with Crippen molar-refractivity contribution in [3.05, 3.63) is 108 Å². The molecule has 1 N–H and O–H groups in total. The fraction of sp³-hybridized carbons (Fsp3) is 0.344. The summed E-state index contributed by atoms with van der Waals surface area (Å²) in [5.74, 6) is 3.69. The number of hydrogen-bond acceptors (Lipinski definition) is 6. The number of hydrogen-bond donors (Lipinski definition) is 1. The molecule has 0 aliphatic carbocycles. The molecule has 0 radical (unpaired) electrons. The number of benzene rings is 3. The summed E-state index contributed by atoms with van der Waals surface area (Å²) in [5, 5.41) is 16.5. The minimum absolute atomic E-state index is 0. The van der Waals surface area contributed by atoms with E-state index in [0.29, 0.717) is 24.8 Å². The van der Waals surface area contributed by atoms with Gasteiger partial charge in [-0.25, -0.2) is 0 Å². The van der Waals surface area contributed by atoms with Gasteiger partial charge in [-0.05, 0) is 23.3 Å². The highest BCUT2D eigenvalue weighted by molar-refractivity contribution is 5.46. The molecule has 0 unspecified atom stereocenters. The van der Waals surface area contributed by atoms with E-state index in [1.54, 1.807) is 0 Å². The SMILES string of the molecule is OC(c1ccccc1)(c1ccccc1)c1cc(C[N+]23CCC(CC2)[C@@H](Oc2ccc4c(c2)OCCO4)C3)on1.[Br-]. The van der Waals surface area contributed by atoms with E-state index in [9.17, 15) is 5.11 Å². The monoisotopic (exact) mass is 604 g/mol. The highest BCUT2D eigenvalue weighted by atomic mass is 79.9. The molecule has 208 valence electrons. The van der Waals surface area contributed by atoms with Crippen molar-refractivity contribution in [3.63, 3.8) is 0 Å². The van der Waals surface area contributed by atoms with Crippen molar-refractivity contribution in [2.45, 2.75) is 31.1 Å². The van der Waals surface area contributed by atoms with E-state index in [1.807, 2.05) is 84.9 Å². The van der Waals surface area contributed by atoms with E-state index in [1.165, 1.54) is 0 Å². The summed E-state index contributed by atoms with van der Waals surface area (Å²) in [4.78, 5) is 0. The lowest BCUT2D eigenvalue weighted by atomic mass is 9.82. The fourth-order valence-corrected chi connectivity index (χ4v) is 6.56. The predicted octanol–water partition coefficient (Wildman–Crippen LogP) is 1.92. The molecule has 4 aliphatic rings. The normalized spacial score (nSPS) is 23.3. The number of rotatable bonds is 7. The number of aromatic nitrogens is 1. The third kappa shape index (κ3) is 4.89. The van der Waals surface area contributed by atoms with E-state index in [4.69, 9.17) is 18.7 Å². The Bertz CT molecular complexity index is 1400. The first-order chi connectivity index (χ1) is 19.1. The van der Waals surface area contributed by atoms with Crippen LogP contribution in [0.25, 0.3) is 0 Å². The predicted molar refractivity (Wildman–Crippen MR) is 145 cm³/mol. The molecule has 0 amide bonds. The molecule has 3 aromatic carbocycles. The second-order valence-electron chi connectivity index (χ2n) is 11.0. The van der Waals surface area contributed by atoms with Crippen molar-refractivity contribution in [3.8, 4) is 17.2 Å². The van der Waals surface area contributed by atoms with Crippen LogP contribution in [0, 0.1) is 5.92 Å². The number of fused-ring (bicyclic) bond motifs is 4. The molecule has 40 heavy (non-hydrogen) atoms. The Morgan fingerprint density at radius 3 is 2.17 bits per heavy atom. The summed E-state index contributed by atoms with van der Waals surface area (Å²) in [6.07, 6.45) is 2.37. The van der Waals surface area contributed by atoms with Crippen molar-refractivity contribution >= 4 is 0 Å². The first-order valence-corrected chi connectivity index (χ1v) is 13.8. The largest absolute Gasteiger partial charge is 1.00 e. The molecular weight excluding hydrogens is 572 g/mol. The number of ether oxygens (including phenoxy) is 3. The Hall–Kier alpha value is -3.33. The van der Waals surface area contributed by atoms with Crippen LogP contribution in [0.1, 0.15) is 35.4 Å². The smallest absolute Gasteiger partial charge is 0.191 e. The number of quaternary nitrogens is 1. The van der Waals surface area contributed by atoms with Gasteiger partial charge in [-0.2, -0.15) is 0 Å². The van der Waals surface area contributed by atoms with Crippen LogP contribution in [0.2, 0.25) is 0 Å². The molecule has 4 aliphatic heterocycles. The minimum atomic E-state index is -1.40. The average molecular weight is 606 g/mol. The van der Waals surface area contributed by atoms with Crippen LogP contribution >= 0.6 is 0 Å². The highest BCUT2D eigenvalue weighted by Crippen LogP contribution is 2.41. The van der Waals surface area contributed by atoms with Gasteiger partial charge in [-0.1, -0.05) is 65.8 Å². The molecule has 1 aromatic heterocycles. The molecule has 7 nitrogen and oxygen atoms in total. The van der Waals surface area contributed by atoms with Gasteiger partial charge in [0.15, 0.2) is 29.0 Å². The zero-order chi connectivity index (χ0) is 26.3. The van der Waals surface area contributed by atoms with Gasteiger partial charge in [0, 0.05) is 30.9 Å². The zero-order valence-electron chi connectivity index (χ0n) is 22.2. The zero-order valence-corrected chi connectivity index (χ0v) is 23.8. The van der Waals surface area contributed by atoms with Crippen LogP contribution in [-0.2, 0) is 12.1 Å². The lowest BCUT2D eigenvalue weighted by Gasteiger charge is -2.51. The topological polar surface area (TPSA) is 74.0 Å². The Kier molecular flexibility index (Phi) is 7.33. The van der Waals surface area contributed by atoms with Crippen LogP contribution in [0.5, 0.6) is 17.2 Å². The summed E-state index contributed by atoms with van der Waals surface area (Å²) in [7, 11) is 0. The van der Waals surface area contributed by atoms with Crippen molar-refractivity contribution in [1.82, 2.24) is 5.16 Å².